The molecule has 0 spiro atoms. The molecule has 0 saturated heterocycles. The minimum atomic E-state index is -0.757. The largest absolute Gasteiger partial charge is 0.501 e. The molecule has 2 aromatic rings. The maximum Gasteiger partial charge on any atom is 0.296 e. The molecular weight excluding hydrogens is 367 g/mol. The summed E-state index contributed by atoms with van der Waals surface area (Å²) in [4.78, 5) is 41.1. The summed E-state index contributed by atoms with van der Waals surface area (Å²) >= 11 is 0. The van der Waals surface area contributed by atoms with Gasteiger partial charge in [0.15, 0.2) is 5.69 Å². The van der Waals surface area contributed by atoms with Crippen molar-refractivity contribution in [2.24, 2.45) is 0 Å². The maximum atomic E-state index is 13.5. The van der Waals surface area contributed by atoms with Crippen molar-refractivity contribution >= 4 is 11.8 Å². The summed E-state index contributed by atoms with van der Waals surface area (Å²) < 4.78 is 14.8. The molecule has 0 bridgehead atoms. The van der Waals surface area contributed by atoms with Crippen molar-refractivity contribution < 1.29 is 19.1 Å². The fraction of sp³-hybridized carbons (Fsp3) is 0.368. The molecule has 3 N–H and O–H groups in total. The van der Waals surface area contributed by atoms with E-state index in [1.54, 1.807) is 0 Å². The third kappa shape index (κ3) is 3.35. The predicted octanol–water partition coefficient (Wildman–Crippen LogP) is 1.06. The lowest BCUT2D eigenvalue weighted by Crippen LogP contribution is -2.31. The number of rotatable bonds is 4. The fourth-order valence-corrected chi connectivity index (χ4v) is 3.24. The molecule has 0 radical (unpaired) electrons. The van der Waals surface area contributed by atoms with Crippen molar-refractivity contribution in [3.8, 4) is 5.75 Å². The minimum absolute atomic E-state index is 0.0788. The Morgan fingerprint density at radius 2 is 2.04 bits per heavy atom. The second kappa shape index (κ2) is 7.06. The fourth-order valence-electron chi connectivity index (χ4n) is 3.24. The number of amides is 2. The van der Waals surface area contributed by atoms with Crippen LogP contribution in [0.1, 0.15) is 52.5 Å². The second-order valence-corrected chi connectivity index (χ2v) is 7.29. The van der Waals surface area contributed by atoms with Gasteiger partial charge in [-0.25, -0.2) is 9.37 Å². The maximum absolute atomic E-state index is 13.5. The van der Waals surface area contributed by atoms with Gasteiger partial charge in [0, 0.05) is 31.1 Å². The number of hydrogen-bond acceptors (Lipinski definition) is 5. The van der Waals surface area contributed by atoms with Crippen LogP contribution < -0.4 is 16.2 Å². The van der Waals surface area contributed by atoms with Gasteiger partial charge in [-0.05, 0) is 24.1 Å². The number of carbonyl (C=O) groups is 2. The highest BCUT2D eigenvalue weighted by Gasteiger charge is 2.35. The van der Waals surface area contributed by atoms with E-state index in [0.29, 0.717) is 24.4 Å². The zero-order chi connectivity index (χ0) is 20.6. The van der Waals surface area contributed by atoms with Gasteiger partial charge in [0.1, 0.15) is 11.6 Å². The van der Waals surface area contributed by atoms with Crippen LogP contribution in [0.25, 0.3) is 0 Å². The van der Waals surface area contributed by atoms with E-state index in [4.69, 9.17) is 0 Å². The van der Waals surface area contributed by atoms with E-state index in [9.17, 15) is 23.9 Å². The quantitative estimate of drug-likeness (QED) is 0.725. The molecule has 28 heavy (non-hydrogen) atoms. The van der Waals surface area contributed by atoms with Crippen LogP contribution >= 0.6 is 0 Å². The number of fused-ring (bicyclic) bond motifs is 1. The highest BCUT2D eigenvalue weighted by molar-refractivity contribution is 5.96. The van der Waals surface area contributed by atoms with Crippen LogP contribution in [0.3, 0.4) is 0 Å². The van der Waals surface area contributed by atoms with Gasteiger partial charge in [-0.1, -0.05) is 19.9 Å². The Balaban J connectivity index is 1.89. The minimum Gasteiger partial charge on any atom is -0.501 e. The molecule has 8 nitrogen and oxygen atoms in total. The third-order valence-electron chi connectivity index (χ3n) is 4.91. The van der Waals surface area contributed by atoms with Gasteiger partial charge < -0.3 is 15.7 Å². The number of aromatic nitrogens is 2. The van der Waals surface area contributed by atoms with E-state index in [2.05, 4.69) is 15.6 Å². The number of nitrogens with one attached hydrogen (secondary N) is 2. The summed E-state index contributed by atoms with van der Waals surface area (Å²) in [5, 5.41) is 15.1. The van der Waals surface area contributed by atoms with Gasteiger partial charge in [-0.15, -0.1) is 0 Å². The molecule has 1 aliphatic rings. The van der Waals surface area contributed by atoms with Crippen LogP contribution in [-0.2, 0) is 18.5 Å². The van der Waals surface area contributed by atoms with Crippen LogP contribution in [0.5, 0.6) is 5.75 Å². The van der Waals surface area contributed by atoms with E-state index >= 15 is 0 Å². The highest BCUT2D eigenvalue weighted by atomic mass is 19.1. The Labute approximate surface area is 160 Å². The SMILES string of the molecule is CNC(=O)c1cc(F)ccc1CNC(=O)c1nc2n(c(=O)c1O)CCC2(C)C. The van der Waals surface area contributed by atoms with Gasteiger partial charge in [0.25, 0.3) is 17.4 Å². The highest BCUT2D eigenvalue weighted by Crippen LogP contribution is 2.32. The molecule has 0 aliphatic carbocycles. The molecule has 1 aliphatic heterocycles. The molecule has 2 heterocycles. The second-order valence-electron chi connectivity index (χ2n) is 7.29. The van der Waals surface area contributed by atoms with Crippen LogP contribution in [0, 0.1) is 5.82 Å². The number of aromatic hydroxyl groups is 1. The number of benzene rings is 1. The first-order valence-electron chi connectivity index (χ1n) is 8.78. The van der Waals surface area contributed by atoms with Crippen molar-refractivity contribution in [1.29, 1.82) is 0 Å². The summed E-state index contributed by atoms with van der Waals surface area (Å²) in [6.45, 7) is 4.13. The van der Waals surface area contributed by atoms with Gasteiger partial charge in [0.2, 0.25) is 5.75 Å². The first-order valence-corrected chi connectivity index (χ1v) is 8.78. The van der Waals surface area contributed by atoms with E-state index in [1.807, 2.05) is 13.8 Å². The van der Waals surface area contributed by atoms with Gasteiger partial charge >= 0.3 is 0 Å². The molecule has 0 saturated carbocycles. The molecule has 3 rings (SSSR count). The average Bonchev–Trinajstić information content (AvgIpc) is 2.97. The standard InChI is InChI=1S/C19H21FN4O4/c1-19(2)6-7-24-17(28)14(25)13(23-18(19)24)16(27)22-9-10-4-5-11(20)8-12(10)15(26)21-3/h4-5,8,25H,6-7,9H2,1-3H3,(H,21,26)(H,22,27). The monoisotopic (exact) mass is 388 g/mol. The number of carbonyl (C=O) groups excluding carboxylic acids is 2. The van der Waals surface area contributed by atoms with Crippen molar-refractivity contribution in [2.75, 3.05) is 7.05 Å². The Kier molecular flexibility index (Phi) is 4.93. The van der Waals surface area contributed by atoms with E-state index in [1.165, 1.54) is 23.7 Å². The number of nitrogens with zero attached hydrogens (tertiary/aromatic N) is 2. The first kappa shape index (κ1) is 19.5. The smallest absolute Gasteiger partial charge is 0.296 e. The summed E-state index contributed by atoms with van der Waals surface area (Å²) in [5.41, 5.74) is -0.962. The van der Waals surface area contributed by atoms with Crippen LogP contribution in [-0.4, -0.2) is 33.5 Å². The van der Waals surface area contributed by atoms with Gasteiger partial charge in [0.05, 0.1) is 0 Å². The molecule has 9 heteroatoms. The van der Waals surface area contributed by atoms with E-state index in [0.717, 1.165) is 6.07 Å². The molecule has 2 amide bonds. The zero-order valence-electron chi connectivity index (χ0n) is 15.8. The third-order valence-corrected chi connectivity index (χ3v) is 4.91. The number of halogens is 1. The molecule has 0 unspecified atom stereocenters. The Morgan fingerprint density at radius 1 is 1.32 bits per heavy atom. The molecule has 0 fully saturated rings. The Bertz CT molecular complexity index is 1030. The summed E-state index contributed by atoms with van der Waals surface area (Å²) in [5.74, 6) is -2.12. The molecular formula is C19H21FN4O4. The lowest BCUT2D eigenvalue weighted by Gasteiger charge is -2.17. The van der Waals surface area contributed by atoms with Crippen LogP contribution in [0.2, 0.25) is 0 Å². The lowest BCUT2D eigenvalue weighted by molar-refractivity contribution is 0.0932. The topological polar surface area (TPSA) is 113 Å². The van der Waals surface area contributed by atoms with Crippen molar-refractivity contribution in [3.05, 3.63) is 57.0 Å². The molecule has 1 aromatic carbocycles. The number of hydrogen-bond donors (Lipinski definition) is 3. The Hall–Kier alpha value is -3.23. The summed E-state index contributed by atoms with van der Waals surface area (Å²) in [6, 6.07) is 3.63. The van der Waals surface area contributed by atoms with Crippen molar-refractivity contribution in [1.82, 2.24) is 20.2 Å². The van der Waals surface area contributed by atoms with E-state index < -0.39 is 34.4 Å². The van der Waals surface area contributed by atoms with Crippen molar-refractivity contribution in [2.45, 2.75) is 38.8 Å². The van der Waals surface area contributed by atoms with E-state index in [-0.39, 0.29) is 17.8 Å². The molecule has 0 atom stereocenters. The first-order chi connectivity index (χ1) is 13.2. The lowest BCUT2D eigenvalue weighted by atomic mass is 9.91. The van der Waals surface area contributed by atoms with Gasteiger partial charge in [-0.3, -0.25) is 19.0 Å². The van der Waals surface area contributed by atoms with Crippen molar-refractivity contribution in [3.63, 3.8) is 0 Å². The van der Waals surface area contributed by atoms with Gasteiger partial charge in [-0.2, -0.15) is 0 Å². The van der Waals surface area contributed by atoms with Crippen LogP contribution in [0.15, 0.2) is 23.0 Å². The summed E-state index contributed by atoms with van der Waals surface area (Å²) in [6.07, 6.45) is 0.671. The zero-order valence-corrected chi connectivity index (χ0v) is 15.8. The van der Waals surface area contributed by atoms with Crippen LogP contribution in [0.4, 0.5) is 4.39 Å². The normalized spacial score (nSPS) is 14.4. The molecule has 1 aromatic heterocycles. The predicted molar refractivity (Wildman–Crippen MR) is 98.8 cm³/mol. The summed E-state index contributed by atoms with van der Waals surface area (Å²) in [7, 11) is 1.41. The molecule has 148 valence electrons. The average molecular weight is 388 g/mol. The Morgan fingerprint density at radius 3 is 2.71 bits per heavy atom.